The molecule has 9 heteroatoms. The molecule has 2 heterocycles. The van der Waals surface area contributed by atoms with Gasteiger partial charge in [-0.25, -0.2) is 14.6 Å². The van der Waals surface area contributed by atoms with Gasteiger partial charge in [0.15, 0.2) is 11.8 Å². The van der Waals surface area contributed by atoms with Crippen LogP contribution in [0.3, 0.4) is 0 Å². The lowest BCUT2D eigenvalue weighted by molar-refractivity contribution is -0.167. The van der Waals surface area contributed by atoms with E-state index in [0.717, 1.165) is 57.2 Å². The first kappa shape index (κ1) is 22.8. The number of hydrogen-bond donors (Lipinski definition) is 2. The van der Waals surface area contributed by atoms with Crippen LogP contribution in [0.4, 0.5) is 0 Å². The summed E-state index contributed by atoms with van der Waals surface area (Å²) >= 11 is 0. The van der Waals surface area contributed by atoms with Crippen molar-refractivity contribution in [3.05, 3.63) is 26.7 Å². The molecule has 3 saturated carbocycles. The first-order chi connectivity index (χ1) is 15.3. The number of imidazole rings is 1. The minimum atomic E-state index is -0.935. The van der Waals surface area contributed by atoms with Crippen LogP contribution < -0.4 is 11.2 Å². The minimum Gasteiger partial charge on any atom is -0.479 e. The highest BCUT2D eigenvalue weighted by Gasteiger charge is 2.49. The molecule has 0 aliphatic heterocycles. The summed E-state index contributed by atoms with van der Waals surface area (Å²) in [7, 11) is 0. The summed E-state index contributed by atoms with van der Waals surface area (Å²) < 4.78 is 8.99. The van der Waals surface area contributed by atoms with Crippen molar-refractivity contribution in [2.24, 2.45) is 0 Å². The number of ether oxygens (including phenoxy) is 1. The number of rotatable bonds is 8. The molecule has 2 aromatic rings. The van der Waals surface area contributed by atoms with Crippen LogP contribution in [-0.4, -0.2) is 41.9 Å². The molecule has 3 fully saturated rings. The second kappa shape index (κ2) is 8.50. The maximum absolute atomic E-state index is 13.1. The van der Waals surface area contributed by atoms with Crippen molar-refractivity contribution >= 4 is 17.1 Å². The van der Waals surface area contributed by atoms with Gasteiger partial charge < -0.3 is 14.8 Å². The number of H-pyrrole nitrogens is 1. The summed E-state index contributed by atoms with van der Waals surface area (Å²) in [6.45, 7) is 6.45. The van der Waals surface area contributed by atoms with Gasteiger partial charge in [-0.1, -0.05) is 13.8 Å². The Morgan fingerprint density at radius 2 is 1.75 bits per heavy atom. The molecule has 0 radical (unpaired) electrons. The average molecular weight is 447 g/mol. The van der Waals surface area contributed by atoms with Gasteiger partial charge in [-0.05, 0) is 64.7 Å². The van der Waals surface area contributed by atoms with Crippen molar-refractivity contribution in [1.29, 1.82) is 0 Å². The van der Waals surface area contributed by atoms with Gasteiger partial charge in [-0.3, -0.25) is 13.9 Å². The van der Waals surface area contributed by atoms with Crippen molar-refractivity contribution in [2.45, 2.75) is 109 Å². The van der Waals surface area contributed by atoms with Gasteiger partial charge in [0.1, 0.15) is 11.3 Å². The quantitative estimate of drug-likeness (QED) is 0.643. The number of carbonyl (C=O) groups is 1. The second-order valence-corrected chi connectivity index (χ2v) is 9.59. The zero-order chi connectivity index (χ0) is 23.1. The fourth-order valence-corrected chi connectivity index (χ4v) is 5.65. The fourth-order valence-electron chi connectivity index (χ4n) is 5.65. The molecule has 2 N–H and O–H groups in total. The molecule has 3 aliphatic carbocycles. The van der Waals surface area contributed by atoms with Gasteiger partial charge >= 0.3 is 11.7 Å². The Bertz CT molecular complexity index is 1120. The van der Waals surface area contributed by atoms with E-state index in [0.29, 0.717) is 30.7 Å². The molecule has 32 heavy (non-hydrogen) atoms. The molecule has 2 aromatic heterocycles. The van der Waals surface area contributed by atoms with Crippen molar-refractivity contribution < 1.29 is 14.6 Å². The Morgan fingerprint density at radius 1 is 1.09 bits per heavy atom. The highest BCUT2D eigenvalue weighted by Crippen LogP contribution is 2.52. The molecule has 0 aromatic carbocycles. The van der Waals surface area contributed by atoms with Crippen LogP contribution in [0.1, 0.15) is 84.4 Å². The van der Waals surface area contributed by atoms with E-state index in [-0.39, 0.29) is 16.7 Å². The van der Waals surface area contributed by atoms with Gasteiger partial charge in [0.2, 0.25) is 0 Å². The lowest BCUT2D eigenvalue weighted by atomic mass is 9.69. The maximum atomic E-state index is 13.1. The third-order valence-electron chi connectivity index (χ3n) is 7.44. The van der Waals surface area contributed by atoms with E-state index in [9.17, 15) is 19.5 Å². The largest absolute Gasteiger partial charge is 0.479 e. The number of aromatic amines is 1. The highest BCUT2D eigenvalue weighted by molar-refractivity contribution is 5.72. The molecule has 9 nitrogen and oxygen atoms in total. The van der Waals surface area contributed by atoms with Gasteiger partial charge in [0.25, 0.3) is 5.56 Å². The summed E-state index contributed by atoms with van der Waals surface area (Å²) in [4.78, 5) is 45.6. The van der Waals surface area contributed by atoms with Crippen LogP contribution in [0.2, 0.25) is 0 Å². The number of nitrogens with zero attached hydrogens (tertiary/aromatic N) is 3. The van der Waals surface area contributed by atoms with E-state index in [1.807, 2.05) is 13.8 Å². The van der Waals surface area contributed by atoms with Crippen LogP contribution in [0.25, 0.3) is 11.2 Å². The zero-order valence-corrected chi connectivity index (χ0v) is 19.3. The lowest BCUT2D eigenvalue weighted by Crippen LogP contribution is -2.43. The number of aromatic nitrogens is 4. The van der Waals surface area contributed by atoms with Crippen molar-refractivity contribution in [2.75, 3.05) is 0 Å². The molecule has 1 atom stereocenters. The molecule has 0 spiro atoms. The Balaban J connectivity index is 1.74. The average Bonchev–Trinajstić information content (AvgIpc) is 3.04. The van der Waals surface area contributed by atoms with E-state index in [2.05, 4.69) is 4.98 Å². The number of carboxylic acid groups (broad SMARTS) is 1. The molecule has 0 saturated heterocycles. The Hall–Kier alpha value is -2.42. The Morgan fingerprint density at radius 3 is 2.38 bits per heavy atom. The fraction of sp³-hybridized carbons (Fsp3) is 0.739. The van der Waals surface area contributed by atoms with Crippen LogP contribution in [-0.2, 0) is 28.0 Å². The molecule has 5 rings (SSSR count). The molecule has 3 aliphatic rings. The Kier molecular flexibility index (Phi) is 6.04. The first-order valence-electron chi connectivity index (χ1n) is 11.9. The molecular weight excluding hydrogens is 412 g/mol. The van der Waals surface area contributed by atoms with Crippen molar-refractivity contribution in [1.82, 2.24) is 19.1 Å². The van der Waals surface area contributed by atoms with E-state index in [1.54, 1.807) is 11.5 Å². The van der Waals surface area contributed by atoms with E-state index >= 15 is 0 Å². The number of carboxylic acids is 1. The smallest absolute Gasteiger partial charge is 0.332 e. The number of nitrogens with one attached hydrogen (secondary N) is 1. The highest BCUT2D eigenvalue weighted by atomic mass is 16.5. The monoisotopic (exact) mass is 446 g/mol. The summed E-state index contributed by atoms with van der Waals surface area (Å²) in [6.07, 6.45) is 6.46. The van der Waals surface area contributed by atoms with Crippen molar-refractivity contribution in [3.8, 4) is 0 Å². The third-order valence-corrected chi connectivity index (χ3v) is 7.44. The summed E-state index contributed by atoms with van der Waals surface area (Å²) in [5.41, 5.74) is -0.331. The number of aliphatic carboxylic acids is 1. The SMILES string of the molecule is CCCn1c(=O)c2[nH]c(C34CCCC(O[C@H](C)C(=O)O)(CC3)CC4)nc2n(CCC)c1=O. The van der Waals surface area contributed by atoms with E-state index < -0.39 is 17.7 Å². The second-order valence-electron chi connectivity index (χ2n) is 9.59. The van der Waals surface area contributed by atoms with Gasteiger partial charge in [0.05, 0.1) is 5.60 Å². The summed E-state index contributed by atoms with van der Waals surface area (Å²) in [6, 6.07) is 0. The van der Waals surface area contributed by atoms with E-state index in [1.165, 1.54) is 4.57 Å². The molecular formula is C23H34N4O5. The minimum absolute atomic E-state index is 0.204. The Labute approximate surface area is 186 Å². The predicted octanol–water partition coefficient (Wildman–Crippen LogP) is 2.93. The van der Waals surface area contributed by atoms with Gasteiger partial charge in [0, 0.05) is 18.5 Å². The summed E-state index contributed by atoms with van der Waals surface area (Å²) in [5, 5.41) is 9.29. The number of hydrogen-bond acceptors (Lipinski definition) is 5. The van der Waals surface area contributed by atoms with Crippen LogP contribution in [0, 0.1) is 0 Å². The maximum Gasteiger partial charge on any atom is 0.332 e. The molecule has 0 amide bonds. The number of aryl methyl sites for hydroxylation is 1. The van der Waals surface area contributed by atoms with E-state index in [4.69, 9.17) is 9.72 Å². The number of fused-ring (bicyclic) bond motifs is 5. The first-order valence-corrected chi connectivity index (χ1v) is 11.9. The lowest BCUT2D eigenvalue weighted by Gasteiger charge is -2.42. The van der Waals surface area contributed by atoms with Crippen molar-refractivity contribution in [3.63, 3.8) is 0 Å². The van der Waals surface area contributed by atoms with Crippen LogP contribution in [0.5, 0.6) is 0 Å². The predicted molar refractivity (Wildman–Crippen MR) is 120 cm³/mol. The summed E-state index contributed by atoms with van der Waals surface area (Å²) in [5.74, 6) is -0.153. The van der Waals surface area contributed by atoms with Crippen LogP contribution >= 0.6 is 0 Å². The molecule has 2 bridgehead atoms. The molecule has 176 valence electrons. The normalized spacial score (nSPS) is 26.3. The standard InChI is InChI=1S/C23H34N4O5/c1-4-13-26-17-16(18(28)27(14-5-2)21(26)31)24-20(25-17)22-7-6-8-23(11-9-22,12-10-22)32-15(3)19(29)30/h15H,4-14H2,1-3H3,(H,24,25)(H,29,30)/t15-,22?,23?/m1/s1. The van der Waals surface area contributed by atoms with Gasteiger partial charge in [-0.2, -0.15) is 0 Å². The van der Waals surface area contributed by atoms with Crippen LogP contribution in [0.15, 0.2) is 9.59 Å². The molecule has 0 unspecified atom stereocenters. The zero-order valence-electron chi connectivity index (χ0n) is 19.3. The topological polar surface area (TPSA) is 119 Å². The van der Waals surface area contributed by atoms with Gasteiger partial charge in [-0.15, -0.1) is 0 Å². The third kappa shape index (κ3) is 3.70.